The van der Waals surface area contributed by atoms with Crippen LogP contribution in [0.4, 0.5) is 0 Å². The van der Waals surface area contributed by atoms with E-state index in [1.807, 2.05) is 61.1 Å². The van der Waals surface area contributed by atoms with Crippen molar-refractivity contribution in [1.82, 2.24) is 0 Å². The molecule has 0 heterocycles. The molecule has 1 aliphatic rings. The Bertz CT molecular complexity index is 1230. The maximum absolute atomic E-state index is 10.9. The van der Waals surface area contributed by atoms with Crippen molar-refractivity contribution in [2.75, 3.05) is 26.4 Å². The molecule has 9 heteroatoms. The van der Waals surface area contributed by atoms with E-state index in [0.717, 1.165) is 86.5 Å². The molecular formula is C36H53IN2O6. The van der Waals surface area contributed by atoms with Crippen molar-refractivity contribution in [2.24, 2.45) is 9.98 Å². The molecule has 1 aliphatic carbocycles. The number of aryl methyl sites for hydroxylation is 2. The smallest absolute Gasteiger partial charge is 0.127 e. The molecule has 3 unspecified atom stereocenters. The fourth-order valence-electron chi connectivity index (χ4n) is 6.48. The molecule has 5 N–H and O–H groups in total. The summed E-state index contributed by atoms with van der Waals surface area (Å²) in [6.45, 7) is 4.91. The van der Waals surface area contributed by atoms with Crippen LogP contribution in [0.5, 0.6) is 11.5 Å². The van der Waals surface area contributed by atoms with E-state index in [9.17, 15) is 25.5 Å². The van der Waals surface area contributed by atoms with Gasteiger partial charge in [0.05, 0.1) is 18.7 Å². The average molecular weight is 737 g/mol. The largest absolute Gasteiger partial charge is 0.507 e. The molecule has 0 saturated heterocycles. The highest BCUT2D eigenvalue weighted by molar-refractivity contribution is 14.1. The standard InChI is InChI=1S/C36H53IN2O6/c1-25-19-29(27(9-5-15-40)10-6-16-41)21-31(35(25)43)23-38-33-13-3-4-14-34(33)39-24-32-22-30(20-26(2)36(32)44)28(11-7-17-42)12-8-18-45-37/h19-24,27-28,33-34,40-44H,3-18H2,1-2H3. The van der Waals surface area contributed by atoms with Crippen LogP contribution in [-0.2, 0) is 3.07 Å². The topological polar surface area (TPSA) is 135 Å². The fourth-order valence-corrected chi connectivity index (χ4v) is 6.80. The van der Waals surface area contributed by atoms with E-state index < -0.39 is 0 Å². The third-order valence-corrected chi connectivity index (χ3v) is 9.50. The number of hydrogen-bond acceptors (Lipinski definition) is 8. The maximum Gasteiger partial charge on any atom is 0.127 e. The van der Waals surface area contributed by atoms with Gasteiger partial charge in [-0.05, 0) is 124 Å². The van der Waals surface area contributed by atoms with Crippen LogP contribution in [0.1, 0.15) is 122 Å². The number of halogens is 1. The van der Waals surface area contributed by atoms with Crippen LogP contribution in [-0.4, -0.2) is 76.5 Å². The zero-order valence-corrected chi connectivity index (χ0v) is 29.2. The molecule has 45 heavy (non-hydrogen) atoms. The minimum atomic E-state index is -0.0325. The molecule has 0 bridgehead atoms. The average Bonchev–Trinajstić information content (AvgIpc) is 3.04. The number of hydrogen-bond donors (Lipinski definition) is 5. The molecule has 0 radical (unpaired) electrons. The lowest BCUT2D eigenvalue weighted by atomic mass is 9.87. The monoisotopic (exact) mass is 736 g/mol. The predicted molar refractivity (Wildman–Crippen MR) is 191 cm³/mol. The molecule has 0 aromatic heterocycles. The van der Waals surface area contributed by atoms with Gasteiger partial charge in [0, 0.05) is 43.4 Å². The second-order valence-corrected chi connectivity index (χ2v) is 13.1. The minimum absolute atomic E-state index is 0.0300. The lowest BCUT2D eigenvalue weighted by Crippen LogP contribution is -2.27. The lowest BCUT2D eigenvalue weighted by molar-refractivity contribution is 0.264. The number of phenolic OH excluding ortho intramolecular Hbond substituents is 2. The van der Waals surface area contributed by atoms with Gasteiger partial charge in [-0.15, -0.1) is 0 Å². The highest BCUT2D eigenvalue weighted by Crippen LogP contribution is 2.34. The molecule has 8 nitrogen and oxygen atoms in total. The number of benzene rings is 2. The number of aliphatic hydroxyl groups excluding tert-OH is 3. The fraction of sp³-hybridized carbons (Fsp3) is 0.611. The first-order valence-electron chi connectivity index (χ1n) is 16.6. The second kappa shape index (κ2) is 20.2. The Balaban J connectivity index is 1.84. The van der Waals surface area contributed by atoms with Crippen LogP contribution in [0, 0.1) is 13.8 Å². The van der Waals surface area contributed by atoms with Crippen molar-refractivity contribution in [3.63, 3.8) is 0 Å². The van der Waals surface area contributed by atoms with Crippen molar-refractivity contribution >= 4 is 35.4 Å². The van der Waals surface area contributed by atoms with E-state index in [1.54, 1.807) is 12.4 Å². The van der Waals surface area contributed by atoms with Gasteiger partial charge in [-0.2, -0.15) is 0 Å². The Morgan fingerprint density at radius 1 is 0.711 bits per heavy atom. The Hall–Kier alpha value is -2.05. The van der Waals surface area contributed by atoms with Crippen molar-refractivity contribution < 1.29 is 28.6 Å². The molecule has 0 spiro atoms. The second-order valence-electron chi connectivity index (χ2n) is 12.5. The van der Waals surface area contributed by atoms with Gasteiger partial charge in [-0.3, -0.25) is 9.98 Å². The lowest BCUT2D eigenvalue weighted by Gasteiger charge is -2.26. The quantitative estimate of drug-likeness (QED) is 0.0589. The summed E-state index contributed by atoms with van der Waals surface area (Å²) < 4.78 is 5.24. The van der Waals surface area contributed by atoms with E-state index in [2.05, 4.69) is 0 Å². The number of aromatic hydroxyl groups is 2. The van der Waals surface area contributed by atoms with E-state index in [-0.39, 0.29) is 55.2 Å². The number of aliphatic imine (C=N–C) groups is 2. The summed E-state index contributed by atoms with van der Waals surface area (Å²) in [5.41, 5.74) is 5.23. The molecule has 1 saturated carbocycles. The van der Waals surface area contributed by atoms with Crippen LogP contribution >= 0.6 is 23.0 Å². The van der Waals surface area contributed by atoms with E-state index >= 15 is 0 Å². The summed E-state index contributed by atoms with van der Waals surface area (Å²) >= 11 is 1.92. The highest BCUT2D eigenvalue weighted by atomic mass is 127. The highest BCUT2D eigenvalue weighted by Gasteiger charge is 2.24. The van der Waals surface area contributed by atoms with Crippen LogP contribution in [0.25, 0.3) is 0 Å². The van der Waals surface area contributed by atoms with Gasteiger partial charge in [0.15, 0.2) is 0 Å². The first-order chi connectivity index (χ1) is 21.8. The third kappa shape index (κ3) is 11.6. The molecule has 1 fully saturated rings. The van der Waals surface area contributed by atoms with Gasteiger partial charge < -0.3 is 28.6 Å². The number of aliphatic hydroxyl groups is 3. The van der Waals surface area contributed by atoms with Crippen molar-refractivity contribution in [3.05, 3.63) is 57.6 Å². The van der Waals surface area contributed by atoms with Crippen LogP contribution in [0.2, 0.25) is 0 Å². The summed E-state index contributed by atoms with van der Waals surface area (Å²) in [6.07, 6.45) is 14.0. The number of nitrogens with zero attached hydrogens (tertiary/aromatic N) is 2. The molecule has 3 rings (SSSR count). The first kappa shape index (κ1) is 37.4. The Labute approximate surface area is 283 Å². The normalized spacial score (nSPS) is 18.0. The zero-order valence-electron chi connectivity index (χ0n) is 27.0. The van der Waals surface area contributed by atoms with Gasteiger partial charge in [0.25, 0.3) is 0 Å². The molecule has 2 aromatic rings. The summed E-state index contributed by atoms with van der Waals surface area (Å²) in [5, 5.41) is 50.1. The van der Waals surface area contributed by atoms with Gasteiger partial charge in [0.1, 0.15) is 34.5 Å². The van der Waals surface area contributed by atoms with Gasteiger partial charge in [-0.25, -0.2) is 0 Å². The third-order valence-electron chi connectivity index (χ3n) is 9.06. The van der Waals surface area contributed by atoms with Crippen molar-refractivity contribution in [1.29, 1.82) is 0 Å². The van der Waals surface area contributed by atoms with E-state index in [1.165, 1.54) is 0 Å². The molecular weight excluding hydrogens is 683 g/mol. The van der Waals surface area contributed by atoms with Crippen molar-refractivity contribution in [2.45, 2.75) is 115 Å². The number of phenols is 2. The van der Waals surface area contributed by atoms with Gasteiger partial charge in [0.2, 0.25) is 0 Å². The SMILES string of the molecule is Cc1cc(C(CCCO)CCCO)cc(C=NC2CCCCC2N=Cc2cc(C(CCCO)CCCOI)cc(C)c2O)c1O. The zero-order chi connectivity index (χ0) is 32.6. The molecule has 0 aliphatic heterocycles. The Morgan fingerprint density at radius 2 is 1.11 bits per heavy atom. The maximum atomic E-state index is 10.9. The van der Waals surface area contributed by atoms with Crippen LogP contribution in [0.3, 0.4) is 0 Å². The Morgan fingerprint density at radius 3 is 1.49 bits per heavy atom. The summed E-state index contributed by atoms with van der Waals surface area (Å²) in [7, 11) is 0. The van der Waals surface area contributed by atoms with Crippen molar-refractivity contribution in [3.8, 4) is 11.5 Å². The molecule has 0 amide bonds. The Kier molecular flexibility index (Phi) is 16.8. The summed E-state index contributed by atoms with van der Waals surface area (Å²) in [6, 6.07) is 8.03. The summed E-state index contributed by atoms with van der Waals surface area (Å²) in [5.74, 6) is 0.918. The van der Waals surface area contributed by atoms with Gasteiger partial charge in [-0.1, -0.05) is 25.0 Å². The molecule has 3 atom stereocenters. The van der Waals surface area contributed by atoms with E-state index in [0.29, 0.717) is 30.6 Å². The summed E-state index contributed by atoms with van der Waals surface area (Å²) in [4.78, 5) is 9.93. The number of rotatable bonds is 19. The minimum Gasteiger partial charge on any atom is -0.507 e. The first-order valence-corrected chi connectivity index (χ1v) is 17.5. The van der Waals surface area contributed by atoms with Crippen LogP contribution in [0.15, 0.2) is 34.3 Å². The predicted octanol–water partition coefficient (Wildman–Crippen LogP) is 7.20. The molecule has 250 valence electrons. The van der Waals surface area contributed by atoms with Crippen LogP contribution < -0.4 is 0 Å². The van der Waals surface area contributed by atoms with E-state index in [4.69, 9.17) is 13.1 Å². The van der Waals surface area contributed by atoms with Gasteiger partial charge >= 0.3 is 0 Å². The molecule has 2 aromatic carbocycles.